The van der Waals surface area contributed by atoms with Crippen LogP contribution in [0.25, 0.3) is 0 Å². The number of halogens is 2. The lowest BCUT2D eigenvalue weighted by Crippen LogP contribution is -2.35. The summed E-state index contributed by atoms with van der Waals surface area (Å²) in [4.78, 5) is 14.8. The number of carbonyl (C=O) groups excluding carboxylic acids is 1. The molecule has 1 amide bonds. The van der Waals surface area contributed by atoms with Crippen LogP contribution < -0.4 is 0 Å². The maximum absolute atomic E-state index is 12.7. The minimum Gasteiger partial charge on any atom is -0.336 e. The van der Waals surface area contributed by atoms with Gasteiger partial charge in [0, 0.05) is 20.6 Å². The molecule has 1 aliphatic carbocycles. The van der Waals surface area contributed by atoms with Crippen LogP contribution in [0.5, 0.6) is 0 Å². The largest absolute Gasteiger partial charge is 0.336 e. The monoisotopic (exact) mass is 435 g/mol. The van der Waals surface area contributed by atoms with Crippen molar-refractivity contribution in [1.29, 1.82) is 0 Å². The van der Waals surface area contributed by atoms with Gasteiger partial charge in [-0.25, -0.2) is 0 Å². The van der Waals surface area contributed by atoms with Gasteiger partial charge in [0.15, 0.2) is 0 Å². The van der Waals surface area contributed by atoms with Gasteiger partial charge in [-0.15, -0.1) is 0 Å². The summed E-state index contributed by atoms with van der Waals surface area (Å²) in [6, 6.07) is 6.38. The van der Waals surface area contributed by atoms with Crippen LogP contribution in [0.2, 0.25) is 0 Å². The summed E-state index contributed by atoms with van der Waals surface area (Å²) in [7, 11) is 0. The van der Waals surface area contributed by atoms with Crippen molar-refractivity contribution in [3.05, 3.63) is 31.8 Å². The molecule has 0 heterocycles. The Kier molecular flexibility index (Phi) is 5.29. The lowest BCUT2D eigenvalue weighted by Gasteiger charge is -2.24. The third kappa shape index (κ3) is 4.18. The van der Waals surface area contributed by atoms with E-state index in [1.165, 1.54) is 0 Å². The normalized spacial score (nSPS) is 14.8. The van der Waals surface area contributed by atoms with Crippen molar-refractivity contribution < 1.29 is 4.79 Å². The van der Waals surface area contributed by atoms with Crippen LogP contribution in [0.3, 0.4) is 0 Å². The van der Waals surface area contributed by atoms with Gasteiger partial charge in [0.25, 0.3) is 5.91 Å². The lowest BCUT2D eigenvalue weighted by molar-refractivity contribution is 0.0734. The molecule has 0 N–H and O–H groups in total. The molecular formula is C15H19BrINO. The summed E-state index contributed by atoms with van der Waals surface area (Å²) in [5, 5.41) is 0. The minimum absolute atomic E-state index is 0.189. The third-order valence-corrected chi connectivity index (χ3v) is 4.79. The van der Waals surface area contributed by atoms with Crippen LogP contribution in [0.4, 0.5) is 0 Å². The van der Waals surface area contributed by atoms with Crippen molar-refractivity contribution in [2.75, 3.05) is 6.54 Å². The summed E-state index contributed by atoms with van der Waals surface area (Å²) in [6.07, 6.45) is 3.40. The highest BCUT2D eigenvalue weighted by atomic mass is 127. The van der Waals surface area contributed by atoms with Gasteiger partial charge in [-0.05, 0) is 66.0 Å². The lowest BCUT2D eigenvalue weighted by atomic mass is 10.1. The summed E-state index contributed by atoms with van der Waals surface area (Å²) in [5.74, 6) is 0.824. The predicted molar refractivity (Wildman–Crippen MR) is 90.4 cm³/mol. The van der Waals surface area contributed by atoms with E-state index < -0.39 is 0 Å². The van der Waals surface area contributed by atoms with E-state index in [9.17, 15) is 4.79 Å². The Balaban J connectivity index is 2.16. The zero-order valence-electron chi connectivity index (χ0n) is 11.3. The second-order valence-corrected chi connectivity index (χ2v) is 7.61. The van der Waals surface area contributed by atoms with Crippen LogP contribution in [-0.4, -0.2) is 23.4 Å². The fourth-order valence-electron chi connectivity index (χ4n) is 2.05. The Morgan fingerprint density at radius 3 is 2.74 bits per heavy atom. The summed E-state index contributed by atoms with van der Waals surface area (Å²) in [6.45, 7) is 5.29. The maximum Gasteiger partial charge on any atom is 0.255 e. The van der Waals surface area contributed by atoms with E-state index >= 15 is 0 Å². The number of hydrogen-bond donors (Lipinski definition) is 0. The standard InChI is InChI=1S/C15H19BrINO/c1-10(2)7-8-18(12-4-5-12)15(19)13-9-11(16)3-6-14(13)17/h3,6,9-10,12H,4-5,7-8H2,1-2H3. The molecule has 0 saturated heterocycles. The average Bonchev–Trinajstić information content (AvgIpc) is 3.16. The zero-order chi connectivity index (χ0) is 14.0. The van der Waals surface area contributed by atoms with Crippen LogP contribution >= 0.6 is 38.5 Å². The van der Waals surface area contributed by atoms with Gasteiger partial charge < -0.3 is 4.90 Å². The van der Waals surface area contributed by atoms with E-state index in [0.717, 1.165) is 39.4 Å². The highest BCUT2D eigenvalue weighted by Crippen LogP contribution is 2.30. The molecule has 2 rings (SSSR count). The molecule has 4 heteroatoms. The molecule has 1 saturated carbocycles. The van der Waals surface area contributed by atoms with Crippen molar-refractivity contribution >= 4 is 44.4 Å². The topological polar surface area (TPSA) is 20.3 Å². The van der Waals surface area contributed by atoms with E-state index in [1.54, 1.807) is 0 Å². The molecule has 1 aromatic carbocycles. The number of nitrogens with zero attached hydrogens (tertiary/aromatic N) is 1. The fourth-order valence-corrected chi connectivity index (χ4v) is 2.98. The number of benzene rings is 1. The van der Waals surface area contributed by atoms with Crippen molar-refractivity contribution in [1.82, 2.24) is 4.90 Å². The van der Waals surface area contributed by atoms with Crippen molar-refractivity contribution in [3.63, 3.8) is 0 Å². The number of amides is 1. The van der Waals surface area contributed by atoms with Crippen molar-refractivity contribution in [2.45, 2.75) is 39.2 Å². The first kappa shape index (κ1) is 15.3. The van der Waals surface area contributed by atoms with Gasteiger partial charge in [-0.1, -0.05) is 29.8 Å². The van der Waals surface area contributed by atoms with E-state index in [1.807, 2.05) is 18.2 Å². The molecule has 1 fully saturated rings. The molecule has 104 valence electrons. The van der Waals surface area contributed by atoms with Gasteiger partial charge in [0.05, 0.1) is 5.56 Å². The quantitative estimate of drug-likeness (QED) is 0.613. The SMILES string of the molecule is CC(C)CCN(C(=O)c1cc(Br)ccc1I)C1CC1. The van der Waals surface area contributed by atoms with Crippen molar-refractivity contribution in [2.24, 2.45) is 5.92 Å². The van der Waals surface area contributed by atoms with Gasteiger partial charge in [0.2, 0.25) is 0 Å². The van der Waals surface area contributed by atoms with E-state index in [-0.39, 0.29) is 5.91 Å². The highest BCUT2D eigenvalue weighted by molar-refractivity contribution is 14.1. The molecule has 2 nitrogen and oxygen atoms in total. The zero-order valence-corrected chi connectivity index (χ0v) is 15.1. The van der Waals surface area contributed by atoms with Crippen LogP contribution in [0, 0.1) is 9.49 Å². The summed E-state index contributed by atoms with van der Waals surface area (Å²) >= 11 is 5.70. The fraction of sp³-hybridized carbons (Fsp3) is 0.533. The van der Waals surface area contributed by atoms with Gasteiger partial charge in [-0.3, -0.25) is 4.79 Å². The van der Waals surface area contributed by atoms with E-state index in [2.05, 4.69) is 57.3 Å². The first-order valence-corrected chi connectivity index (χ1v) is 8.62. The van der Waals surface area contributed by atoms with Crippen LogP contribution in [0.1, 0.15) is 43.5 Å². The molecule has 19 heavy (non-hydrogen) atoms. The molecule has 0 unspecified atom stereocenters. The first-order chi connectivity index (χ1) is 8.99. The Hall–Kier alpha value is -0.100. The Bertz CT molecular complexity index is 471. The second-order valence-electron chi connectivity index (χ2n) is 5.54. The average molecular weight is 436 g/mol. The first-order valence-electron chi connectivity index (χ1n) is 6.75. The maximum atomic E-state index is 12.7. The summed E-state index contributed by atoms with van der Waals surface area (Å²) in [5.41, 5.74) is 0.825. The minimum atomic E-state index is 0.189. The molecule has 0 radical (unpaired) electrons. The molecule has 0 spiro atoms. The Morgan fingerprint density at radius 1 is 1.47 bits per heavy atom. The Morgan fingerprint density at radius 2 is 2.16 bits per heavy atom. The Labute approximate surface area is 137 Å². The molecule has 1 aromatic rings. The molecule has 1 aliphatic rings. The molecular weight excluding hydrogens is 417 g/mol. The third-order valence-electron chi connectivity index (χ3n) is 3.35. The van der Waals surface area contributed by atoms with E-state index in [4.69, 9.17) is 0 Å². The number of carbonyl (C=O) groups is 1. The second kappa shape index (κ2) is 6.57. The molecule has 0 aromatic heterocycles. The highest BCUT2D eigenvalue weighted by Gasteiger charge is 2.33. The van der Waals surface area contributed by atoms with Gasteiger partial charge >= 0.3 is 0 Å². The predicted octanol–water partition coefficient (Wildman–Crippen LogP) is 4.70. The molecule has 0 atom stereocenters. The van der Waals surface area contributed by atoms with Crippen molar-refractivity contribution in [3.8, 4) is 0 Å². The van der Waals surface area contributed by atoms with Gasteiger partial charge in [0.1, 0.15) is 0 Å². The molecule has 0 bridgehead atoms. The van der Waals surface area contributed by atoms with Gasteiger partial charge in [-0.2, -0.15) is 0 Å². The van der Waals surface area contributed by atoms with Crippen LogP contribution in [-0.2, 0) is 0 Å². The smallest absolute Gasteiger partial charge is 0.255 e. The van der Waals surface area contributed by atoms with Crippen LogP contribution in [0.15, 0.2) is 22.7 Å². The summed E-state index contributed by atoms with van der Waals surface area (Å²) < 4.78 is 2.00. The number of rotatable bonds is 5. The number of hydrogen-bond acceptors (Lipinski definition) is 1. The molecule has 0 aliphatic heterocycles. The van der Waals surface area contributed by atoms with E-state index in [0.29, 0.717) is 12.0 Å².